The zero-order valence-electron chi connectivity index (χ0n) is 9.68. The molecule has 2 aromatic rings. The van der Waals surface area contributed by atoms with Gasteiger partial charge in [0.05, 0.1) is 11.7 Å². The first-order chi connectivity index (χ1) is 8.16. The van der Waals surface area contributed by atoms with Crippen LogP contribution in [0.4, 0.5) is 10.2 Å². The predicted molar refractivity (Wildman–Crippen MR) is 63.0 cm³/mol. The number of hydrogen-bond acceptors (Lipinski definition) is 4. The van der Waals surface area contributed by atoms with Gasteiger partial charge in [-0.05, 0) is 32.0 Å². The number of rotatable bonds is 3. The highest BCUT2D eigenvalue weighted by molar-refractivity contribution is 5.36. The molecule has 0 fully saturated rings. The third-order valence-corrected chi connectivity index (χ3v) is 2.34. The van der Waals surface area contributed by atoms with Gasteiger partial charge in [0.1, 0.15) is 17.5 Å². The highest BCUT2D eigenvalue weighted by atomic mass is 19.1. The zero-order valence-corrected chi connectivity index (χ0v) is 9.68. The van der Waals surface area contributed by atoms with Crippen molar-refractivity contribution in [3.63, 3.8) is 0 Å². The Morgan fingerprint density at radius 2 is 2.06 bits per heavy atom. The molecule has 17 heavy (non-hydrogen) atoms. The van der Waals surface area contributed by atoms with E-state index < -0.39 is 0 Å². The van der Waals surface area contributed by atoms with Crippen molar-refractivity contribution in [1.82, 2.24) is 15.0 Å². The number of aromatic nitrogens is 3. The van der Waals surface area contributed by atoms with Crippen LogP contribution in [0.5, 0.6) is 0 Å². The molecule has 0 radical (unpaired) electrons. The highest BCUT2D eigenvalue weighted by Crippen LogP contribution is 2.17. The minimum Gasteiger partial charge on any atom is -0.362 e. The summed E-state index contributed by atoms with van der Waals surface area (Å²) in [7, 11) is 0. The first-order valence-corrected chi connectivity index (χ1v) is 5.33. The largest absolute Gasteiger partial charge is 0.362 e. The molecule has 2 rings (SSSR count). The number of nitrogens with zero attached hydrogens (tertiary/aromatic N) is 3. The topological polar surface area (TPSA) is 50.7 Å². The summed E-state index contributed by atoms with van der Waals surface area (Å²) in [6, 6.07) is 4.46. The van der Waals surface area contributed by atoms with Crippen LogP contribution in [-0.4, -0.2) is 15.0 Å². The summed E-state index contributed by atoms with van der Waals surface area (Å²) in [4.78, 5) is 12.2. The van der Waals surface area contributed by atoms with E-state index in [2.05, 4.69) is 20.3 Å². The fraction of sp³-hybridized carbons (Fsp3) is 0.250. The molecule has 5 heteroatoms. The standard InChI is InChI=1S/C12H13FN4/c1-8(12-10(13)4-3-6-15-12)16-11-5-7-14-9(2)17-11/h3-8H,1-2H3,(H,14,16,17)/t8-/m0/s1. The summed E-state index contributed by atoms with van der Waals surface area (Å²) >= 11 is 0. The normalized spacial score (nSPS) is 12.2. The quantitative estimate of drug-likeness (QED) is 0.883. The average Bonchev–Trinajstić information content (AvgIpc) is 2.29. The van der Waals surface area contributed by atoms with Crippen molar-refractivity contribution in [1.29, 1.82) is 0 Å². The first kappa shape index (κ1) is 11.4. The Morgan fingerprint density at radius 1 is 1.24 bits per heavy atom. The predicted octanol–water partition coefficient (Wildman–Crippen LogP) is 2.49. The smallest absolute Gasteiger partial charge is 0.146 e. The molecule has 1 N–H and O–H groups in total. The lowest BCUT2D eigenvalue weighted by Gasteiger charge is -2.14. The molecule has 0 bridgehead atoms. The van der Waals surface area contributed by atoms with Crippen molar-refractivity contribution in [2.75, 3.05) is 5.32 Å². The molecule has 4 nitrogen and oxygen atoms in total. The number of aryl methyl sites for hydroxylation is 1. The lowest BCUT2D eigenvalue weighted by atomic mass is 10.2. The van der Waals surface area contributed by atoms with E-state index in [9.17, 15) is 4.39 Å². The van der Waals surface area contributed by atoms with Crippen molar-refractivity contribution >= 4 is 5.82 Å². The lowest BCUT2D eigenvalue weighted by molar-refractivity contribution is 0.586. The van der Waals surface area contributed by atoms with Gasteiger partial charge in [0.25, 0.3) is 0 Å². The van der Waals surface area contributed by atoms with Gasteiger partial charge in [-0.2, -0.15) is 0 Å². The van der Waals surface area contributed by atoms with Crippen molar-refractivity contribution in [2.45, 2.75) is 19.9 Å². The second-order valence-corrected chi connectivity index (χ2v) is 3.73. The van der Waals surface area contributed by atoms with Gasteiger partial charge in [0, 0.05) is 12.4 Å². The summed E-state index contributed by atoms with van der Waals surface area (Å²) in [5, 5.41) is 3.09. The van der Waals surface area contributed by atoms with Crippen LogP contribution < -0.4 is 5.32 Å². The molecule has 0 aliphatic carbocycles. The van der Waals surface area contributed by atoms with Crippen LogP contribution in [-0.2, 0) is 0 Å². The summed E-state index contributed by atoms with van der Waals surface area (Å²) in [6.07, 6.45) is 3.23. The van der Waals surface area contributed by atoms with E-state index >= 15 is 0 Å². The van der Waals surface area contributed by atoms with Crippen molar-refractivity contribution in [3.05, 3.63) is 47.9 Å². The third kappa shape index (κ3) is 2.75. The third-order valence-electron chi connectivity index (χ3n) is 2.34. The molecule has 0 spiro atoms. The maximum atomic E-state index is 13.5. The minimum absolute atomic E-state index is 0.245. The molecular weight excluding hydrogens is 219 g/mol. The van der Waals surface area contributed by atoms with Crippen LogP contribution in [0.2, 0.25) is 0 Å². The fourth-order valence-electron chi connectivity index (χ4n) is 1.54. The van der Waals surface area contributed by atoms with E-state index in [1.165, 1.54) is 6.07 Å². The lowest BCUT2D eigenvalue weighted by Crippen LogP contribution is -2.11. The molecule has 0 aromatic carbocycles. The second kappa shape index (κ2) is 4.86. The molecule has 0 saturated carbocycles. The average molecular weight is 232 g/mol. The van der Waals surface area contributed by atoms with Crippen molar-refractivity contribution in [2.24, 2.45) is 0 Å². The van der Waals surface area contributed by atoms with E-state index in [0.717, 1.165) is 0 Å². The molecule has 2 heterocycles. The van der Waals surface area contributed by atoms with Gasteiger partial charge < -0.3 is 5.32 Å². The van der Waals surface area contributed by atoms with E-state index in [0.29, 0.717) is 17.3 Å². The molecule has 0 unspecified atom stereocenters. The number of hydrogen-bond donors (Lipinski definition) is 1. The van der Waals surface area contributed by atoms with E-state index in [1.807, 2.05) is 6.92 Å². The van der Waals surface area contributed by atoms with Gasteiger partial charge in [-0.3, -0.25) is 4.98 Å². The Balaban J connectivity index is 2.17. The number of halogens is 1. The van der Waals surface area contributed by atoms with Crippen molar-refractivity contribution in [3.8, 4) is 0 Å². The molecule has 0 saturated heterocycles. The Hall–Kier alpha value is -2.04. The molecule has 1 atom stereocenters. The van der Waals surface area contributed by atoms with Gasteiger partial charge in [-0.25, -0.2) is 14.4 Å². The van der Waals surface area contributed by atoms with Gasteiger partial charge >= 0.3 is 0 Å². The minimum atomic E-state index is -0.321. The van der Waals surface area contributed by atoms with Crippen LogP contribution in [0.3, 0.4) is 0 Å². The van der Waals surface area contributed by atoms with Crippen LogP contribution in [0.25, 0.3) is 0 Å². The Bertz CT molecular complexity index is 515. The van der Waals surface area contributed by atoms with Gasteiger partial charge in [-0.1, -0.05) is 0 Å². The van der Waals surface area contributed by atoms with Gasteiger partial charge in [0.15, 0.2) is 0 Å². The summed E-state index contributed by atoms with van der Waals surface area (Å²) in [6.45, 7) is 3.64. The summed E-state index contributed by atoms with van der Waals surface area (Å²) < 4.78 is 13.5. The molecular formula is C12H13FN4. The Kier molecular flexibility index (Phi) is 3.27. The maximum Gasteiger partial charge on any atom is 0.146 e. The van der Waals surface area contributed by atoms with E-state index in [1.54, 1.807) is 31.5 Å². The fourth-order valence-corrected chi connectivity index (χ4v) is 1.54. The molecule has 88 valence electrons. The van der Waals surface area contributed by atoms with Crippen molar-refractivity contribution < 1.29 is 4.39 Å². The van der Waals surface area contributed by atoms with Crippen LogP contribution in [0.1, 0.15) is 24.5 Å². The first-order valence-electron chi connectivity index (χ1n) is 5.33. The highest BCUT2D eigenvalue weighted by Gasteiger charge is 2.12. The maximum absolute atomic E-state index is 13.5. The SMILES string of the molecule is Cc1nccc(N[C@@H](C)c2ncccc2F)n1. The number of pyridine rings is 1. The Labute approximate surface area is 99.0 Å². The monoisotopic (exact) mass is 232 g/mol. The van der Waals surface area contributed by atoms with Gasteiger partial charge in [0.2, 0.25) is 0 Å². The number of nitrogens with one attached hydrogen (secondary N) is 1. The number of anilines is 1. The summed E-state index contributed by atoms with van der Waals surface area (Å²) in [5.74, 6) is 1.01. The molecule has 2 aromatic heterocycles. The molecule has 0 aliphatic rings. The van der Waals surface area contributed by atoms with Crippen LogP contribution >= 0.6 is 0 Å². The Morgan fingerprint density at radius 3 is 2.76 bits per heavy atom. The molecule has 0 amide bonds. The second-order valence-electron chi connectivity index (χ2n) is 3.73. The van der Waals surface area contributed by atoms with E-state index in [4.69, 9.17) is 0 Å². The van der Waals surface area contributed by atoms with E-state index in [-0.39, 0.29) is 11.9 Å². The van der Waals surface area contributed by atoms with Crippen LogP contribution in [0.15, 0.2) is 30.6 Å². The van der Waals surface area contributed by atoms with Gasteiger partial charge in [-0.15, -0.1) is 0 Å². The summed E-state index contributed by atoms with van der Waals surface area (Å²) in [5.41, 5.74) is 0.378. The van der Waals surface area contributed by atoms with Crippen LogP contribution in [0, 0.1) is 12.7 Å². The molecule has 0 aliphatic heterocycles. The zero-order chi connectivity index (χ0) is 12.3.